The van der Waals surface area contributed by atoms with Crippen LogP contribution in [0, 0.1) is 10.1 Å². The number of nitrogens with zero attached hydrogens (tertiary/aromatic N) is 2. The summed E-state index contributed by atoms with van der Waals surface area (Å²) in [6.07, 6.45) is 0. The number of anilines is 1. The van der Waals surface area contributed by atoms with Crippen molar-refractivity contribution in [3.8, 4) is 0 Å². The number of nitro benzene ring substituents is 1. The number of nitrogens with one attached hydrogen (secondary N) is 1. The molecule has 3 rings (SSSR count). The van der Waals surface area contributed by atoms with Gasteiger partial charge in [0, 0.05) is 17.2 Å². The first-order valence-corrected chi connectivity index (χ1v) is 7.63. The fraction of sp³-hybridized carbons (Fsp3) is 0.0667. The number of fused-ring (bicyclic) bond motifs is 1. The molecule has 128 valence electrons. The smallest absolute Gasteiger partial charge is 0.408 e. The van der Waals surface area contributed by atoms with Gasteiger partial charge in [-0.1, -0.05) is 23.2 Å². The highest BCUT2D eigenvalue weighted by molar-refractivity contribution is 6.35. The van der Waals surface area contributed by atoms with Gasteiger partial charge in [0.25, 0.3) is 5.69 Å². The Bertz CT molecular complexity index is 1060. The number of hydrogen-bond acceptors (Lipinski definition) is 5. The van der Waals surface area contributed by atoms with E-state index in [9.17, 15) is 19.7 Å². The quantitative estimate of drug-likeness (QED) is 0.549. The molecule has 0 unspecified atom stereocenters. The predicted octanol–water partition coefficient (Wildman–Crippen LogP) is 3.45. The molecular weight excluding hydrogens is 373 g/mol. The van der Waals surface area contributed by atoms with Gasteiger partial charge in [-0.05, 0) is 24.3 Å². The second-order valence-electron chi connectivity index (χ2n) is 5.04. The molecule has 0 fully saturated rings. The van der Waals surface area contributed by atoms with Gasteiger partial charge >= 0.3 is 5.76 Å². The lowest BCUT2D eigenvalue weighted by molar-refractivity contribution is -0.384. The zero-order valence-corrected chi connectivity index (χ0v) is 13.9. The maximum Gasteiger partial charge on any atom is 0.420 e. The van der Waals surface area contributed by atoms with Gasteiger partial charge in [-0.3, -0.25) is 19.5 Å². The molecule has 8 nitrogen and oxygen atoms in total. The summed E-state index contributed by atoms with van der Waals surface area (Å²) >= 11 is 11.8. The Labute approximate surface area is 149 Å². The Morgan fingerprint density at radius 2 is 2.00 bits per heavy atom. The van der Waals surface area contributed by atoms with E-state index in [2.05, 4.69) is 5.32 Å². The van der Waals surface area contributed by atoms with E-state index in [4.69, 9.17) is 27.6 Å². The molecule has 1 aromatic heterocycles. The normalized spacial score (nSPS) is 10.8. The van der Waals surface area contributed by atoms with Crippen LogP contribution in [-0.4, -0.2) is 15.4 Å². The first-order chi connectivity index (χ1) is 11.8. The van der Waals surface area contributed by atoms with E-state index in [0.717, 1.165) is 4.57 Å². The van der Waals surface area contributed by atoms with Crippen LogP contribution >= 0.6 is 23.2 Å². The summed E-state index contributed by atoms with van der Waals surface area (Å²) in [5.74, 6) is -1.37. The van der Waals surface area contributed by atoms with Crippen LogP contribution < -0.4 is 11.1 Å². The summed E-state index contributed by atoms with van der Waals surface area (Å²) in [4.78, 5) is 34.4. The van der Waals surface area contributed by atoms with Gasteiger partial charge in [0.15, 0.2) is 5.58 Å². The third-order valence-electron chi connectivity index (χ3n) is 3.37. The maximum atomic E-state index is 12.2. The minimum atomic E-state index is -0.803. The van der Waals surface area contributed by atoms with E-state index < -0.39 is 23.1 Å². The first-order valence-electron chi connectivity index (χ1n) is 6.88. The molecule has 0 radical (unpaired) electrons. The molecule has 25 heavy (non-hydrogen) atoms. The van der Waals surface area contributed by atoms with Crippen molar-refractivity contribution in [1.82, 2.24) is 4.57 Å². The van der Waals surface area contributed by atoms with Gasteiger partial charge in [-0.2, -0.15) is 0 Å². The van der Waals surface area contributed by atoms with Crippen LogP contribution in [0.4, 0.5) is 11.4 Å². The number of carbonyl (C=O) groups excluding carboxylic acids is 1. The molecule has 0 bridgehead atoms. The number of aromatic nitrogens is 1. The van der Waals surface area contributed by atoms with Crippen LogP contribution in [0.1, 0.15) is 0 Å². The number of benzene rings is 2. The molecule has 0 saturated heterocycles. The van der Waals surface area contributed by atoms with Gasteiger partial charge in [-0.25, -0.2) is 4.79 Å². The molecule has 0 aliphatic heterocycles. The lowest BCUT2D eigenvalue weighted by Crippen LogP contribution is -2.24. The average Bonchev–Trinajstić information content (AvgIpc) is 2.86. The molecule has 3 aromatic rings. The number of carbonyl (C=O) groups is 1. The van der Waals surface area contributed by atoms with Gasteiger partial charge < -0.3 is 9.73 Å². The predicted molar refractivity (Wildman–Crippen MR) is 92.2 cm³/mol. The second kappa shape index (κ2) is 6.58. The number of amides is 1. The standard InChI is InChI=1S/C15H9Cl2N3O5/c16-8-1-3-10(17)11(5-8)18-14(21)7-19-12-6-9(20(23)24)2-4-13(12)25-15(19)22/h1-6H,7H2,(H,18,21). The van der Waals surface area contributed by atoms with E-state index in [1.807, 2.05) is 0 Å². The first kappa shape index (κ1) is 17.0. The summed E-state index contributed by atoms with van der Waals surface area (Å²) < 4.78 is 5.98. The Kier molecular flexibility index (Phi) is 4.47. The van der Waals surface area contributed by atoms with Crippen molar-refractivity contribution in [2.45, 2.75) is 6.54 Å². The summed E-state index contributed by atoms with van der Waals surface area (Å²) in [7, 11) is 0. The molecule has 0 aliphatic carbocycles. The topological polar surface area (TPSA) is 107 Å². The van der Waals surface area contributed by atoms with Gasteiger partial charge in [0.05, 0.1) is 21.2 Å². The van der Waals surface area contributed by atoms with E-state index in [0.29, 0.717) is 5.02 Å². The van der Waals surface area contributed by atoms with E-state index >= 15 is 0 Å². The Morgan fingerprint density at radius 3 is 2.72 bits per heavy atom. The van der Waals surface area contributed by atoms with Crippen LogP contribution in [-0.2, 0) is 11.3 Å². The van der Waals surface area contributed by atoms with Crippen LogP contribution in [0.5, 0.6) is 0 Å². The molecule has 10 heteroatoms. The highest BCUT2D eigenvalue weighted by Gasteiger charge is 2.17. The van der Waals surface area contributed by atoms with Crippen LogP contribution in [0.3, 0.4) is 0 Å². The fourth-order valence-electron chi connectivity index (χ4n) is 2.24. The zero-order valence-electron chi connectivity index (χ0n) is 12.4. The van der Waals surface area contributed by atoms with Crippen LogP contribution in [0.15, 0.2) is 45.6 Å². The van der Waals surface area contributed by atoms with Crippen molar-refractivity contribution in [1.29, 1.82) is 0 Å². The van der Waals surface area contributed by atoms with E-state index in [1.165, 1.54) is 30.3 Å². The number of nitro groups is 1. The SMILES string of the molecule is O=C(Cn1c(=O)oc2ccc([N+](=O)[O-])cc21)Nc1cc(Cl)ccc1Cl. The van der Waals surface area contributed by atoms with Crippen molar-refractivity contribution in [2.24, 2.45) is 0 Å². The minimum absolute atomic E-state index is 0.143. The fourth-order valence-corrected chi connectivity index (χ4v) is 2.58. The summed E-state index contributed by atoms with van der Waals surface area (Å²) in [6, 6.07) is 8.22. The largest absolute Gasteiger partial charge is 0.420 e. The van der Waals surface area contributed by atoms with E-state index in [-0.39, 0.29) is 27.5 Å². The minimum Gasteiger partial charge on any atom is -0.408 e. The summed E-state index contributed by atoms with van der Waals surface area (Å²) in [6.45, 7) is -0.407. The Hall–Kier alpha value is -2.84. The highest BCUT2D eigenvalue weighted by Crippen LogP contribution is 2.25. The summed E-state index contributed by atoms with van der Waals surface area (Å²) in [5, 5.41) is 14.1. The number of hydrogen-bond donors (Lipinski definition) is 1. The molecule has 1 amide bonds. The van der Waals surface area contributed by atoms with Crippen molar-refractivity contribution in [2.75, 3.05) is 5.32 Å². The van der Waals surface area contributed by atoms with Crippen LogP contribution in [0.2, 0.25) is 10.0 Å². The third-order valence-corrected chi connectivity index (χ3v) is 3.93. The maximum absolute atomic E-state index is 12.2. The number of non-ortho nitro benzene ring substituents is 1. The number of rotatable bonds is 4. The highest BCUT2D eigenvalue weighted by atomic mass is 35.5. The van der Waals surface area contributed by atoms with Gasteiger partial charge in [0.2, 0.25) is 5.91 Å². The summed E-state index contributed by atoms with van der Waals surface area (Å²) in [5.41, 5.74) is 0.349. The van der Waals surface area contributed by atoms with Crippen LogP contribution in [0.25, 0.3) is 11.1 Å². The number of oxazole rings is 1. The molecule has 0 aliphatic rings. The Morgan fingerprint density at radius 1 is 1.24 bits per heavy atom. The Balaban J connectivity index is 1.91. The third kappa shape index (κ3) is 3.49. The average molecular weight is 382 g/mol. The molecule has 1 heterocycles. The van der Waals surface area contributed by atoms with Crippen molar-refractivity contribution in [3.63, 3.8) is 0 Å². The van der Waals surface area contributed by atoms with Crippen molar-refractivity contribution >= 4 is 51.6 Å². The lowest BCUT2D eigenvalue weighted by Gasteiger charge is -2.08. The molecule has 0 saturated carbocycles. The van der Waals surface area contributed by atoms with Gasteiger partial charge in [-0.15, -0.1) is 0 Å². The molecule has 2 aromatic carbocycles. The van der Waals surface area contributed by atoms with Crippen molar-refractivity contribution < 1.29 is 14.1 Å². The molecule has 1 N–H and O–H groups in total. The lowest BCUT2D eigenvalue weighted by atomic mass is 10.3. The molecule has 0 atom stereocenters. The number of halogens is 2. The van der Waals surface area contributed by atoms with Gasteiger partial charge in [0.1, 0.15) is 6.54 Å². The zero-order chi connectivity index (χ0) is 18.1. The monoisotopic (exact) mass is 381 g/mol. The van der Waals surface area contributed by atoms with Crippen molar-refractivity contribution in [3.05, 3.63) is 67.1 Å². The molecule has 0 spiro atoms. The second-order valence-corrected chi connectivity index (χ2v) is 5.88. The molecular formula is C15H9Cl2N3O5. The van der Waals surface area contributed by atoms with E-state index in [1.54, 1.807) is 6.07 Å².